The van der Waals surface area contributed by atoms with Gasteiger partial charge in [0.05, 0.1) is 17.1 Å². The molecule has 2 atom stereocenters. The number of hydrogen-bond acceptors (Lipinski definition) is 6. The van der Waals surface area contributed by atoms with Gasteiger partial charge in [-0.05, 0) is 74.0 Å². The van der Waals surface area contributed by atoms with Crippen molar-refractivity contribution in [3.63, 3.8) is 0 Å². The van der Waals surface area contributed by atoms with Crippen molar-refractivity contribution < 1.29 is 17.9 Å². The third kappa shape index (κ3) is 6.04. The van der Waals surface area contributed by atoms with Gasteiger partial charge in [-0.3, -0.25) is 9.78 Å². The molecule has 1 aliphatic rings. The summed E-state index contributed by atoms with van der Waals surface area (Å²) in [6.07, 6.45) is 3.27. The van der Waals surface area contributed by atoms with Crippen molar-refractivity contribution in [1.29, 1.82) is 0 Å². The molecule has 1 aliphatic heterocycles. The van der Waals surface area contributed by atoms with Gasteiger partial charge in [0.2, 0.25) is 10.0 Å². The number of ether oxygens (including phenoxy) is 1. The van der Waals surface area contributed by atoms with E-state index in [0.717, 1.165) is 16.2 Å². The van der Waals surface area contributed by atoms with E-state index < -0.39 is 10.0 Å². The Hall–Kier alpha value is -2.72. The first-order chi connectivity index (χ1) is 16.3. The molecule has 3 aromatic rings. The van der Waals surface area contributed by atoms with Gasteiger partial charge in [0.15, 0.2) is 0 Å². The third-order valence-corrected chi connectivity index (χ3v) is 8.31. The normalized spacial score (nSPS) is 19.0. The van der Waals surface area contributed by atoms with Crippen molar-refractivity contribution in [3.8, 4) is 0 Å². The van der Waals surface area contributed by atoms with Gasteiger partial charge in [-0.2, -0.15) is 4.31 Å². The zero-order valence-corrected chi connectivity index (χ0v) is 20.7. The topological polar surface area (TPSA) is 88.6 Å². The number of nitrogens with zero attached hydrogens (tertiary/aromatic N) is 2. The molecule has 0 bridgehead atoms. The quantitative estimate of drug-likeness (QED) is 0.486. The summed E-state index contributed by atoms with van der Waals surface area (Å²) in [7, 11) is -3.64. The lowest BCUT2D eigenvalue weighted by molar-refractivity contribution is -0.0440. The molecule has 2 unspecified atom stereocenters. The Morgan fingerprint density at radius 2 is 1.74 bits per heavy atom. The Balaban J connectivity index is 1.36. The summed E-state index contributed by atoms with van der Waals surface area (Å²) in [6.45, 7) is 4.34. The number of pyridine rings is 1. The van der Waals surface area contributed by atoms with Gasteiger partial charge in [0.1, 0.15) is 0 Å². The summed E-state index contributed by atoms with van der Waals surface area (Å²) in [5, 5.41) is 2.86. The van der Waals surface area contributed by atoms with E-state index in [2.05, 4.69) is 10.3 Å². The molecule has 1 saturated heterocycles. The van der Waals surface area contributed by atoms with Gasteiger partial charge in [-0.15, -0.1) is 11.8 Å². The Morgan fingerprint density at radius 1 is 1.06 bits per heavy atom. The van der Waals surface area contributed by atoms with E-state index in [0.29, 0.717) is 24.3 Å². The zero-order valence-electron chi connectivity index (χ0n) is 19.0. The number of sulfonamides is 1. The van der Waals surface area contributed by atoms with Crippen LogP contribution < -0.4 is 5.32 Å². The first-order valence-corrected chi connectivity index (χ1v) is 13.4. The van der Waals surface area contributed by atoms with E-state index in [-0.39, 0.29) is 23.0 Å². The predicted octanol–water partition coefficient (Wildman–Crippen LogP) is 4.42. The highest BCUT2D eigenvalue weighted by Crippen LogP contribution is 2.25. The summed E-state index contributed by atoms with van der Waals surface area (Å²) in [4.78, 5) is 18.0. The Bertz CT molecular complexity index is 1210. The molecule has 1 amide bonds. The molecule has 178 valence electrons. The van der Waals surface area contributed by atoms with Crippen LogP contribution >= 0.6 is 11.8 Å². The van der Waals surface area contributed by atoms with Gasteiger partial charge in [0, 0.05) is 47.4 Å². The molecule has 34 heavy (non-hydrogen) atoms. The fourth-order valence-electron chi connectivity index (χ4n) is 3.74. The average Bonchev–Trinajstić information content (AvgIpc) is 2.84. The van der Waals surface area contributed by atoms with Gasteiger partial charge in [0.25, 0.3) is 5.91 Å². The molecule has 0 radical (unpaired) electrons. The van der Waals surface area contributed by atoms with Crippen molar-refractivity contribution in [2.45, 2.75) is 41.6 Å². The largest absolute Gasteiger partial charge is 0.373 e. The lowest BCUT2D eigenvalue weighted by Gasteiger charge is -2.34. The van der Waals surface area contributed by atoms with Gasteiger partial charge in [-0.1, -0.05) is 6.07 Å². The molecule has 1 fully saturated rings. The first kappa shape index (κ1) is 24.4. The number of morpholine rings is 1. The van der Waals surface area contributed by atoms with Crippen LogP contribution in [0.1, 0.15) is 29.8 Å². The maximum Gasteiger partial charge on any atom is 0.255 e. The molecule has 9 heteroatoms. The molecule has 0 spiro atoms. The molecular formula is C25H27N3O4S2. The lowest BCUT2D eigenvalue weighted by Crippen LogP contribution is -2.48. The van der Waals surface area contributed by atoms with Crippen LogP contribution in [-0.4, -0.2) is 48.9 Å². The fourth-order valence-corrected chi connectivity index (χ4v) is 6.17. The molecule has 7 nitrogen and oxygen atoms in total. The van der Waals surface area contributed by atoms with Gasteiger partial charge in [-0.25, -0.2) is 8.42 Å². The molecule has 0 aliphatic carbocycles. The Labute approximate surface area is 204 Å². The van der Waals surface area contributed by atoms with E-state index in [1.165, 1.54) is 28.6 Å². The number of carbonyl (C=O) groups is 1. The number of anilines is 1. The smallest absolute Gasteiger partial charge is 0.255 e. The van der Waals surface area contributed by atoms with E-state index in [1.807, 2.05) is 56.4 Å². The van der Waals surface area contributed by atoms with Crippen LogP contribution in [0.4, 0.5) is 5.69 Å². The van der Waals surface area contributed by atoms with Crippen LogP contribution in [0.5, 0.6) is 0 Å². The predicted molar refractivity (Wildman–Crippen MR) is 133 cm³/mol. The molecule has 4 rings (SSSR count). The first-order valence-electron chi connectivity index (χ1n) is 11.0. The minimum Gasteiger partial charge on any atom is -0.373 e. The SMILES string of the molecule is CC1CN(S(=O)(=O)c2ccc(C(=O)Nc3ccc(SCc4cccnc4)cc3)cc2)CC(C)O1. The number of thioether (sulfide) groups is 1. The second-order valence-electron chi connectivity index (χ2n) is 8.23. The third-order valence-electron chi connectivity index (χ3n) is 5.38. The number of carbonyl (C=O) groups excluding carboxylic acids is 1. The van der Waals surface area contributed by atoms with Gasteiger partial charge < -0.3 is 10.1 Å². The van der Waals surface area contributed by atoms with Crippen molar-refractivity contribution >= 4 is 33.4 Å². The van der Waals surface area contributed by atoms with Crippen LogP contribution in [0.3, 0.4) is 0 Å². The summed E-state index contributed by atoms with van der Waals surface area (Å²) in [6, 6.07) is 17.6. The molecule has 0 saturated carbocycles. The maximum absolute atomic E-state index is 13.0. The van der Waals surface area contributed by atoms with E-state index in [4.69, 9.17) is 4.74 Å². The van der Waals surface area contributed by atoms with Crippen molar-refractivity contribution in [3.05, 3.63) is 84.2 Å². The highest BCUT2D eigenvalue weighted by Gasteiger charge is 2.32. The summed E-state index contributed by atoms with van der Waals surface area (Å²) in [5.74, 6) is 0.519. The molecule has 1 aromatic heterocycles. The second kappa shape index (κ2) is 10.7. The van der Waals surface area contributed by atoms with Crippen LogP contribution in [0.25, 0.3) is 0 Å². The van der Waals surface area contributed by atoms with E-state index in [9.17, 15) is 13.2 Å². The number of benzene rings is 2. The van der Waals surface area contributed by atoms with Crippen LogP contribution in [0.15, 0.2) is 82.8 Å². The molecule has 1 N–H and O–H groups in total. The number of aromatic nitrogens is 1. The molecular weight excluding hydrogens is 470 g/mol. The Kier molecular flexibility index (Phi) is 7.67. The minimum atomic E-state index is -3.64. The monoisotopic (exact) mass is 497 g/mol. The highest BCUT2D eigenvalue weighted by atomic mass is 32.2. The minimum absolute atomic E-state index is 0.163. The number of hydrogen-bond donors (Lipinski definition) is 1. The molecule has 2 heterocycles. The van der Waals surface area contributed by atoms with Crippen molar-refractivity contribution in [2.24, 2.45) is 0 Å². The van der Waals surface area contributed by atoms with Crippen LogP contribution in [-0.2, 0) is 20.5 Å². The summed E-state index contributed by atoms with van der Waals surface area (Å²) < 4.78 is 33.1. The van der Waals surface area contributed by atoms with Gasteiger partial charge >= 0.3 is 0 Å². The fraction of sp³-hybridized carbons (Fsp3) is 0.280. The average molecular weight is 498 g/mol. The second-order valence-corrected chi connectivity index (χ2v) is 11.2. The lowest BCUT2D eigenvalue weighted by atomic mass is 10.2. The number of amides is 1. The zero-order chi connectivity index (χ0) is 24.1. The van der Waals surface area contributed by atoms with Crippen molar-refractivity contribution in [1.82, 2.24) is 9.29 Å². The van der Waals surface area contributed by atoms with Crippen molar-refractivity contribution in [2.75, 3.05) is 18.4 Å². The highest BCUT2D eigenvalue weighted by molar-refractivity contribution is 7.98. The standard InChI is InChI=1S/C25H27N3O4S2/c1-18-15-28(16-19(2)32-18)34(30,31)24-11-5-21(6-12-24)25(29)27-22-7-9-23(10-8-22)33-17-20-4-3-13-26-14-20/h3-14,18-19H,15-17H2,1-2H3,(H,27,29). The maximum atomic E-state index is 13.0. The summed E-state index contributed by atoms with van der Waals surface area (Å²) >= 11 is 1.69. The summed E-state index contributed by atoms with van der Waals surface area (Å²) in [5.41, 5.74) is 2.20. The molecule has 2 aromatic carbocycles. The van der Waals surface area contributed by atoms with E-state index >= 15 is 0 Å². The van der Waals surface area contributed by atoms with E-state index in [1.54, 1.807) is 18.0 Å². The number of nitrogens with one attached hydrogen (secondary N) is 1. The Morgan fingerprint density at radius 3 is 2.35 bits per heavy atom. The van der Waals surface area contributed by atoms with Crippen LogP contribution in [0.2, 0.25) is 0 Å². The number of rotatable bonds is 7. The van der Waals surface area contributed by atoms with Crippen LogP contribution in [0, 0.1) is 0 Å².